The normalized spacial score (nSPS) is 18.2. The van der Waals surface area contributed by atoms with Gasteiger partial charge in [-0.05, 0) is 0 Å². The van der Waals surface area contributed by atoms with Gasteiger partial charge in [0.25, 0.3) is 0 Å². The van der Waals surface area contributed by atoms with Crippen molar-refractivity contribution < 1.29 is 0 Å². The maximum atomic E-state index is 5.62. The summed E-state index contributed by atoms with van der Waals surface area (Å²) in [6.07, 6.45) is 0.885. The molecule has 0 aromatic carbocycles. The zero-order valence-corrected chi connectivity index (χ0v) is 5.44. The van der Waals surface area contributed by atoms with E-state index in [1.165, 1.54) is 0 Å². The molecule has 0 fully saturated rings. The number of hydrogen-bond acceptors (Lipinski definition) is 3. The van der Waals surface area contributed by atoms with Gasteiger partial charge in [0.05, 0.1) is 0 Å². The first-order valence-corrected chi connectivity index (χ1v) is 2.91. The molecule has 0 radical (unpaired) electrons. The van der Waals surface area contributed by atoms with Crippen molar-refractivity contribution in [1.29, 1.82) is 0 Å². The van der Waals surface area contributed by atoms with E-state index in [0.29, 0.717) is 6.67 Å². The molecule has 1 rings (SSSR count). The molecule has 4 heteroatoms. The molecule has 0 aromatic rings. The first kappa shape index (κ1) is 5.69. The maximum absolute atomic E-state index is 5.62. The van der Waals surface area contributed by atoms with E-state index in [4.69, 9.17) is 11.8 Å². The van der Waals surface area contributed by atoms with Gasteiger partial charge in [-0.25, -0.2) is 4.42 Å². The number of halogens is 1. The Morgan fingerprint density at radius 1 is 2.00 bits per heavy atom. The summed E-state index contributed by atoms with van der Waals surface area (Å²) >= 11 is 5.62. The second-order valence-corrected chi connectivity index (χ2v) is 1.97. The SMILES string of the molecule is CCC1=NNCN1Cl. The van der Waals surface area contributed by atoms with Crippen LogP contribution in [0.25, 0.3) is 0 Å². The van der Waals surface area contributed by atoms with Crippen LogP contribution in [0.1, 0.15) is 13.3 Å². The molecule has 1 heterocycles. The van der Waals surface area contributed by atoms with Gasteiger partial charge in [-0.1, -0.05) is 6.92 Å². The van der Waals surface area contributed by atoms with Crippen LogP contribution in [0.15, 0.2) is 5.10 Å². The zero-order valence-electron chi connectivity index (χ0n) is 4.69. The molecule has 0 amide bonds. The van der Waals surface area contributed by atoms with Gasteiger partial charge in [0.2, 0.25) is 0 Å². The molecule has 3 nitrogen and oxygen atoms in total. The van der Waals surface area contributed by atoms with Crippen LogP contribution in [0.3, 0.4) is 0 Å². The van der Waals surface area contributed by atoms with Gasteiger partial charge in [-0.3, -0.25) is 5.43 Å². The Morgan fingerprint density at radius 2 is 2.75 bits per heavy atom. The fraction of sp³-hybridized carbons (Fsp3) is 0.750. The van der Waals surface area contributed by atoms with Gasteiger partial charge in [0, 0.05) is 18.2 Å². The monoisotopic (exact) mass is 133 g/mol. The van der Waals surface area contributed by atoms with Crippen molar-refractivity contribution in [2.75, 3.05) is 6.67 Å². The predicted octanol–water partition coefficient (Wildman–Crippen LogP) is 0.726. The van der Waals surface area contributed by atoms with Crippen LogP contribution in [-0.4, -0.2) is 16.9 Å². The number of nitrogens with one attached hydrogen (secondary N) is 1. The summed E-state index contributed by atoms with van der Waals surface area (Å²) in [6, 6.07) is 0. The minimum absolute atomic E-state index is 0.630. The summed E-state index contributed by atoms with van der Waals surface area (Å²) < 4.78 is 1.57. The van der Waals surface area contributed by atoms with E-state index in [-0.39, 0.29) is 0 Å². The van der Waals surface area contributed by atoms with Crippen LogP contribution in [0.2, 0.25) is 0 Å². The van der Waals surface area contributed by atoms with Crippen molar-refractivity contribution in [1.82, 2.24) is 9.84 Å². The van der Waals surface area contributed by atoms with Crippen molar-refractivity contribution in [3.8, 4) is 0 Å². The summed E-state index contributed by atoms with van der Waals surface area (Å²) in [5.41, 5.74) is 2.75. The largest absolute Gasteiger partial charge is 0.287 e. The molecule has 1 aliphatic heterocycles. The molecule has 0 spiro atoms. The summed E-state index contributed by atoms with van der Waals surface area (Å²) in [6.45, 7) is 2.64. The highest BCUT2D eigenvalue weighted by atomic mass is 35.5. The Hall–Kier alpha value is -0.440. The second-order valence-electron chi connectivity index (χ2n) is 1.56. The lowest BCUT2D eigenvalue weighted by Crippen LogP contribution is -2.17. The van der Waals surface area contributed by atoms with Gasteiger partial charge in [-0.15, -0.1) is 0 Å². The fourth-order valence-electron chi connectivity index (χ4n) is 0.585. The Kier molecular flexibility index (Phi) is 1.58. The smallest absolute Gasteiger partial charge is 0.140 e. The fourth-order valence-corrected chi connectivity index (χ4v) is 0.796. The Morgan fingerprint density at radius 3 is 3.00 bits per heavy atom. The van der Waals surface area contributed by atoms with Gasteiger partial charge < -0.3 is 0 Å². The molecular formula is C4H8ClN3. The van der Waals surface area contributed by atoms with E-state index in [1.54, 1.807) is 4.42 Å². The van der Waals surface area contributed by atoms with Gasteiger partial charge in [-0.2, -0.15) is 5.10 Å². The van der Waals surface area contributed by atoms with E-state index in [0.717, 1.165) is 12.3 Å². The van der Waals surface area contributed by atoms with Gasteiger partial charge >= 0.3 is 0 Å². The minimum Gasteiger partial charge on any atom is -0.287 e. The Bertz CT molecular complexity index is 112. The third-order valence-electron chi connectivity index (χ3n) is 1.01. The third kappa shape index (κ3) is 0.865. The molecule has 0 saturated heterocycles. The van der Waals surface area contributed by atoms with Crippen LogP contribution in [0.5, 0.6) is 0 Å². The molecule has 0 aliphatic carbocycles. The molecule has 1 N–H and O–H groups in total. The minimum atomic E-state index is 0.630. The van der Waals surface area contributed by atoms with Crippen molar-refractivity contribution >= 4 is 17.6 Å². The lowest BCUT2D eigenvalue weighted by Gasteiger charge is -2.04. The predicted molar refractivity (Wildman–Crippen MR) is 33.4 cm³/mol. The lowest BCUT2D eigenvalue weighted by atomic mass is 10.4. The van der Waals surface area contributed by atoms with Crippen molar-refractivity contribution in [2.45, 2.75) is 13.3 Å². The summed E-state index contributed by atoms with van der Waals surface area (Å²) in [7, 11) is 0. The molecule has 46 valence electrons. The Balaban J connectivity index is 2.49. The van der Waals surface area contributed by atoms with E-state index in [2.05, 4.69) is 10.5 Å². The molecular weight excluding hydrogens is 126 g/mol. The quantitative estimate of drug-likeness (QED) is 0.534. The summed E-state index contributed by atoms with van der Waals surface area (Å²) in [5, 5.41) is 3.90. The number of nitrogens with zero attached hydrogens (tertiary/aromatic N) is 2. The molecule has 0 unspecified atom stereocenters. The van der Waals surface area contributed by atoms with E-state index >= 15 is 0 Å². The first-order chi connectivity index (χ1) is 3.84. The first-order valence-electron chi connectivity index (χ1n) is 2.57. The van der Waals surface area contributed by atoms with Gasteiger partial charge in [0.1, 0.15) is 12.5 Å². The zero-order chi connectivity index (χ0) is 5.98. The molecule has 0 bridgehead atoms. The highest BCUT2D eigenvalue weighted by molar-refractivity contribution is 6.22. The van der Waals surface area contributed by atoms with E-state index in [9.17, 15) is 0 Å². The topological polar surface area (TPSA) is 27.6 Å². The average Bonchev–Trinajstić information content (AvgIpc) is 2.14. The van der Waals surface area contributed by atoms with Crippen molar-refractivity contribution in [3.05, 3.63) is 0 Å². The molecule has 0 saturated carbocycles. The number of rotatable bonds is 1. The number of hydrogen-bond donors (Lipinski definition) is 1. The number of amidine groups is 1. The molecule has 1 aliphatic rings. The second kappa shape index (κ2) is 2.22. The van der Waals surface area contributed by atoms with Crippen LogP contribution >= 0.6 is 11.8 Å². The average molecular weight is 134 g/mol. The Labute approximate surface area is 53.4 Å². The van der Waals surface area contributed by atoms with Crippen molar-refractivity contribution in [3.63, 3.8) is 0 Å². The van der Waals surface area contributed by atoms with Crippen molar-refractivity contribution in [2.24, 2.45) is 5.10 Å². The van der Waals surface area contributed by atoms with E-state index < -0.39 is 0 Å². The van der Waals surface area contributed by atoms with Crippen LogP contribution < -0.4 is 5.43 Å². The van der Waals surface area contributed by atoms with Crippen LogP contribution in [0, 0.1) is 0 Å². The third-order valence-corrected chi connectivity index (χ3v) is 1.33. The standard InChI is InChI=1S/C4H8ClN3/c1-2-4-7-6-3-8(4)5/h6H,2-3H2,1H3. The molecule has 0 atom stereocenters. The lowest BCUT2D eigenvalue weighted by molar-refractivity contribution is 0.623. The maximum Gasteiger partial charge on any atom is 0.140 e. The van der Waals surface area contributed by atoms with Crippen LogP contribution in [0.4, 0.5) is 0 Å². The molecule has 0 aromatic heterocycles. The number of hydrazone groups is 1. The highest BCUT2D eigenvalue weighted by Crippen LogP contribution is 2.02. The van der Waals surface area contributed by atoms with E-state index in [1.807, 2.05) is 6.92 Å². The highest BCUT2D eigenvalue weighted by Gasteiger charge is 2.10. The summed E-state index contributed by atoms with van der Waals surface area (Å²) in [5.74, 6) is 0.909. The molecule has 8 heavy (non-hydrogen) atoms. The van der Waals surface area contributed by atoms with Gasteiger partial charge in [0.15, 0.2) is 0 Å². The summed E-state index contributed by atoms with van der Waals surface area (Å²) in [4.78, 5) is 0. The van der Waals surface area contributed by atoms with Crippen LogP contribution in [-0.2, 0) is 0 Å².